The second-order valence-corrected chi connectivity index (χ2v) is 6.07. The lowest BCUT2D eigenvalue weighted by Crippen LogP contribution is -2.22. The Hall–Kier alpha value is -2.11. The maximum atomic E-state index is 6.04. The van der Waals surface area contributed by atoms with Crippen LogP contribution in [0.2, 0.25) is 0 Å². The molecule has 0 amide bonds. The van der Waals surface area contributed by atoms with Crippen LogP contribution < -0.4 is 10.6 Å². The number of fused-ring (bicyclic) bond motifs is 3. The summed E-state index contributed by atoms with van der Waals surface area (Å²) in [5, 5.41) is 6.89. The fraction of sp³-hybridized carbons (Fsp3) is 0.353. The zero-order valence-corrected chi connectivity index (χ0v) is 12.1. The van der Waals surface area contributed by atoms with Gasteiger partial charge in [-0.05, 0) is 23.8 Å². The number of nitrogens with zero attached hydrogens (tertiary/aromatic N) is 1. The van der Waals surface area contributed by atoms with E-state index in [2.05, 4.69) is 39.9 Å². The molecule has 3 aliphatic rings. The summed E-state index contributed by atoms with van der Waals surface area (Å²) < 4.78 is 11.8. The van der Waals surface area contributed by atoms with E-state index in [4.69, 9.17) is 9.47 Å². The molecule has 1 aromatic carbocycles. The van der Waals surface area contributed by atoms with Gasteiger partial charge in [0.25, 0.3) is 0 Å². The van der Waals surface area contributed by atoms with E-state index >= 15 is 0 Å². The molecule has 2 fully saturated rings. The van der Waals surface area contributed by atoms with E-state index in [1.54, 1.807) is 0 Å². The predicted molar refractivity (Wildman–Crippen MR) is 87.5 cm³/mol. The normalized spacial score (nSPS) is 28.3. The monoisotopic (exact) mass is 299 g/mol. The van der Waals surface area contributed by atoms with Crippen LogP contribution >= 0.6 is 0 Å². The van der Waals surface area contributed by atoms with E-state index in [0.717, 1.165) is 35.7 Å². The third-order valence-corrected chi connectivity index (χ3v) is 4.51. The van der Waals surface area contributed by atoms with E-state index in [1.807, 2.05) is 12.3 Å². The lowest BCUT2D eigenvalue weighted by molar-refractivity contribution is -0.0940. The van der Waals surface area contributed by atoms with E-state index in [9.17, 15) is 0 Å². The van der Waals surface area contributed by atoms with Crippen LogP contribution in [-0.2, 0) is 16.0 Å². The summed E-state index contributed by atoms with van der Waals surface area (Å²) in [4.78, 5) is 4.41. The zero-order valence-electron chi connectivity index (χ0n) is 12.1. The van der Waals surface area contributed by atoms with Crippen LogP contribution in [0.3, 0.4) is 0 Å². The molecule has 1 aliphatic carbocycles. The van der Waals surface area contributed by atoms with Crippen LogP contribution in [0.15, 0.2) is 36.5 Å². The minimum absolute atomic E-state index is 0. The Morgan fingerprint density at radius 2 is 2.18 bits per heavy atom. The van der Waals surface area contributed by atoms with Gasteiger partial charge < -0.3 is 20.1 Å². The van der Waals surface area contributed by atoms with Crippen molar-refractivity contribution in [3.63, 3.8) is 0 Å². The molecule has 3 heterocycles. The van der Waals surface area contributed by atoms with Gasteiger partial charge in [0, 0.05) is 27.6 Å². The van der Waals surface area contributed by atoms with E-state index < -0.39 is 0 Å². The van der Waals surface area contributed by atoms with Crippen LogP contribution in [0.5, 0.6) is 0 Å². The Bertz CT molecular complexity index is 744. The summed E-state index contributed by atoms with van der Waals surface area (Å²) in [6.07, 6.45) is 3.54. The summed E-state index contributed by atoms with van der Waals surface area (Å²) >= 11 is 0. The molecule has 0 spiro atoms. The lowest BCUT2D eigenvalue weighted by atomic mass is 10.1. The van der Waals surface area contributed by atoms with Gasteiger partial charge in [-0.25, -0.2) is 4.98 Å². The van der Waals surface area contributed by atoms with E-state index in [0.29, 0.717) is 18.8 Å². The average molecular weight is 299 g/mol. The van der Waals surface area contributed by atoms with Gasteiger partial charge in [-0.3, -0.25) is 0 Å². The number of benzene rings is 1. The number of aromatic nitrogens is 1. The molecule has 5 heteroatoms. The molecule has 1 saturated heterocycles. The molecule has 1 aromatic heterocycles. The third kappa shape index (κ3) is 2.05. The predicted octanol–water partition coefficient (Wildman–Crippen LogP) is 3.47. The van der Waals surface area contributed by atoms with Crippen molar-refractivity contribution in [3.05, 3.63) is 47.7 Å². The maximum Gasteiger partial charge on any atom is 0.135 e. The second kappa shape index (κ2) is 4.69. The van der Waals surface area contributed by atoms with Crippen LogP contribution in [0.25, 0.3) is 0 Å². The molecule has 5 nitrogen and oxygen atoms in total. The van der Waals surface area contributed by atoms with Crippen molar-refractivity contribution in [1.29, 1.82) is 0 Å². The first-order valence-electron chi connectivity index (χ1n) is 7.72. The summed E-state index contributed by atoms with van der Waals surface area (Å²) in [7, 11) is 0. The van der Waals surface area contributed by atoms with Crippen molar-refractivity contribution in [2.75, 3.05) is 17.2 Å². The van der Waals surface area contributed by atoms with Crippen molar-refractivity contribution in [3.8, 4) is 0 Å². The molecular formula is C17H21N3O2. The smallest absolute Gasteiger partial charge is 0.135 e. The van der Waals surface area contributed by atoms with Crippen molar-refractivity contribution in [2.45, 2.75) is 31.3 Å². The number of pyridine rings is 1. The average Bonchev–Trinajstić information content (AvgIpc) is 3.35. The molecule has 22 heavy (non-hydrogen) atoms. The number of ether oxygens (including phenoxy) is 2. The minimum Gasteiger partial charge on any atom is -0.379 e. The van der Waals surface area contributed by atoms with Crippen molar-refractivity contribution >= 4 is 17.2 Å². The van der Waals surface area contributed by atoms with Gasteiger partial charge in [-0.15, -0.1) is 0 Å². The molecule has 2 N–H and O–H groups in total. The first-order valence-corrected chi connectivity index (χ1v) is 7.72. The molecule has 0 bridgehead atoms. The summed E-state index contributed by atoms with van der Waals surface area (Å²) in [6.45, 7) is 1.41. The molecular weight excluding hydrogens is 278 g/mol. The number of nitrogens with one attached hydrogen (secondary N) is 2. The van der Waals surface area contributed by atoms with Crippen LogP contribution in [0, 0.1) is 0 Å². The summed E-state index contributed by atoms with van der Waals surface area (Å²) in [5.41, 5.74) is 4.45. The molecule has 5 rings (SSSR count). The Morgan fingerprint density at radius 1 is 1.18 bits per heavy atom. The first-order chi connectivity index (χ1) is 10.9. The Balaban J connectivity index is 0.000000845. The number of hydrogen-bond donors (Lipinski definition) is 2. The van der Waals surface area contributed by atoms with Crippen molar-refractivity contribution in [2.24, 2.45) is 0 Å². The standard InChI is InChI=1S/C17H17N3O2.2H2/c1-2-11-8-19-13-6-10(16-9-21-14-7-15(14)22-16)3-4-12(13)20-17(11)18-5-1;;/h1-6,14-16,19H,7-9H2,(H,18,20);2*1H. The highest BCUT2D eigenvalue weighted by atomic mass is 16.6. The zero-order chi connectivity index (χ0) is 14.5. The maximum absolute atomic E-state index is 6.04. The Kier molecular flexibility index (Phi) is 2.65. The van der Waals surface area contributed by atoms with Gasteiger partial charge in [0.15, 0.2) is 0 Å². The highest BCUT2D eigenvalue weighted by molar-refractivity contribution is 5.77. The minimum atomic E-state index is 0. The molecule has 2 aromatic rings. The number of anilines is 3. The van der Waals surface area contributed by atoms with Gasteiger partial charge >= 0.3 is 0 Å². The van der Waals surface area contributed by atoms with Crippen LogP contribution in [0.4, 0.5) is 17.2 Å². The summed E-state index contributed by atoms with van der Waals surface area (Å²) in [5.74, 6) is 0.916. The molecule has 0 radical (unpaired) electrons. The fourth-order valence-corrected chi connectivity index (χ4v) is 3.13. The molecule has 3 unspecified atom stereocenters. The molecule has 2 aliphatic heterocycles. The highest BCUT2D eigenvalue weighted by Crippen LogP contribution is 2.41. The van der Waals surface area contributed by atoms with Gasteiger partial charge in [0.1, 0.15) is 11.9 Å². The largest absolute Gasteiger partial charge is 0.379 e. The van der Waals surface area contributed by atoms with Gasteiger partial charge in [-0.1, -0.05) is 12.1 Å². The second-order valence-electron chi connectivity index (χ2n) is 6.07. The molecule has 116 valence electrons. The third-order valence-electron chi connectivity index (χ3n) is 4.51. The number of rotatable bonds is 1. The lowest BCUT2D eigenvalue weighted by Gasteiger charge is -2.23. The Labute approximate surface area is 131 Å². The molecule has 3 atom stereocenters. The molecule has 1 saturated carbocycles. The van der Waals surface area contributed by atoms with Gasteiger partial charge in [0.2, 0.25) is 0 Å². The number of hydrogen-bond acceptors (Lipinski definition) is 5. The van der Waals surface area contributed by atoms with Crippen LogP contribution in [-0.4, -0.2) is 23.8 Å². The highest BCUT2D eigenvalue weighted by Gasteiger charge is 2.45. The van der Waals surface area contributed by atoms with Gasteiger partial charge in [-0.2, -0.15) is 0 Å². The van der Waals surface area contributed by atoms with Gasteiger partial charge in [0.05, 0.1) is 30.2 Å². The summed E-state index contributed by atoms with van der Waals surface area (Å²) in [6, 6.07) is 10.4. The Morgan fingerprint density at radius 3 is 3.14 bits per heavy atom. The van der Waals surface area contributed by atoms with Crippen molar-refractivity contribution < 1.29 is 12.3 Å². The first kappa shape index (κ1) is 12.4. The topological polar surface area (TPSA) is 55.4 Å². The van der Waals surface area contributed by atoms with Crippen molar-refractivity contribution in [1.82, 2.24) is 4.98 Å². The van der Waals surface area contributed by atoms with Crippen LogP contribution in [0.1, 0.15) is 26.5 Å². The fourth-order valence-electron chi connectivity index (χ4n) is 3.13. The van der Waals surface area contributed by atoms with E-state index in [1.165, 1.54) is 5.56 Å². The van der Waals surface area contributed by atoms with E-state index in [-0.39, 0.29) is 8.96 Å². The SMILES string of the molecule is [HH].[HH].c1cnc2c(c1)CNc1cc(C3COC4CC4O3)ccc1N2. The quantitative estimate of drug-likeness (QED) is 0.844.